The molecule has 1 N–H and O–H groups in total. The molecule has 0 fully saturated rings. The van der Waals surface area contributed by atoms with Crippen molar-refractivity contribution in [2.45, 2.75) is 0 Å². The van der Waals surface area contributed by atoms with Crippen LogP contribution in [0.5, 0.6) is 0 Å². The van der Waals surface area contributed by atoms with Gasteiger partial charge in [-0.15, -0.1) is 0 Å². The Morgan fingerprint density at radius 3 is 3.00 bits per heavy atom. The quantitative estimate of drug-likeness (QED) is 0.654. The number of hydrogen-bond acceptors (Lipinski definition) is 2. The molecule has 2 aromatic rings. The number of hydrogen-bond donors (Lipinski definition) is 1. The van der Waals surface area contributed by atoms with Crippen LogP contribution in [0.3, 0.4) is 0 Å². The molecule has 2 rings (SSSR count). The van der Waals surface area contributed by atoms with Gasteiger partial charge in [0.2, 0.25) is 0 Å². The maximum atomic E-state index is 4.01. The molecule has 0 aliphatic rings. The summed E-state index contributed by atoms with van der Waals surface area (Å²) in [5.74, 6) is 0. The molecule has 0 aromatic carbocycles. The molecule has 0 spiro atoms. The third-order valence-electron chi connectivity index (χ3n) is 1.41. The van der Waals surface area contributed by atoms with E-state index in [1.54, 1.807) is 18.5 Å². The molecular formula is C8H6N3. The molecule has 2 aromatic heterocycles. The van der Waals surface area contributed by atoms with Crippen LogP contribution in [0.4, 0.5) is 0 Å². The van der Waals surface area contributed by atoms with E-state index in [1.807, 2.05) is 12.1 Å². The molecule has 0 unspecified atom stereocenters. The van der Waals surface area contributed by atoms with Gasteiger partial charge in [0.1, 0.15) is 0 Å². The lowest BCUT2D eigenvalue weighted by Crippen LogP contribution is -1.78. The summed E-state index contributed by atoms with van der Waals surface area (Å²) in [6.45, 7) is 0. The smallest absolute Gasteiger partial charge is 0.0936 e. The first-order valence-electron chi connectivity index (χ1n) is 3.29. The van der Waals surface area contributed by atoms with Crippen LogP contribution in [0.2, 0.25) is 0 Å². The summed E-state index contributed by atoms with van der Waals surface area (Å²) >= 11 is 0. The average Bonchev–Trinajstić information content (AvgIpc) is 2.58. The second-order valence-electron chi connectivity index (χ2n) is 2.14. The third-order valence-corrected chi connectivity index (χ3v) is 1.41. The molecule has 53 valence electrons. The van der Waals surface area contributed by atoms with Gasteiger partial charge < -0.3 is 0 Å². The van der Waals surface area contributed by atoms with Crippen LogP contribution >= 0.6 is 0 Å². The van der Waals surface area contributed by atoms with E-state index in [2.05, 4.69) is 21.4 Å². The highest BCUT2D eigenvalue weighted by atomic mass is 15.1. The van der Waals surface area contributed by atoms with Crippen molar-refractivity contribution < 1.29 is 0 Å². The topological polar surface area (TPSA) is 41.6 Å². The predicted octanol–water partition coefficient (Wildman–Crippen LogP) is 1.27. The molecule has 3 heteroatoms. The van der Waals surface area contributed by atoms with E-state index < -0.39 is 0 Å². The van der Waals surface area contributed by atoms with Crippen LogP contribution in [-0.2, 0) is 0 Å². The first-order valence-corrected chi connectivity index (χ1v) is 3.29. The van der Waals surface area contributed by atoms with E-state index in [0.29, 0.717) is 0 Å². The van der Waals surface area contributed by atoms with Crippen molar-refractivity contribution in [3.8, 4) is 11.3 Å². The van der Waals surface area contributed by atoms with E-state index in [9.17, 15) is 0 Å². The molecule has 0 saturated heterocycles. The molecule has 0 amide bonds. The van der Waals surface area contributed by atoms with Crippen molar-refractivity contribution in [2.75, 3.05) is 0 Å². The lowest BCUT2D eigenvalue weighted by molar-refractivity contribution is 1.09. The van der Waals surface area contributed by atoms with Crippen molar-refractivity contribution >= 4 is 0 Å². The number of H-pyrrole nitrogens is 1. The largest absolute Gasteiger partial charge is 0.285 e. The van der Waals surface area contributed by atoms with E-state index in [-0.39, 0.29) is 0 Å². The molecule has 0 atom stereocenters. The predicted molar refractivity (Wildman–Crippen MR) is 40.7 cm³/mol. The fourth-order valence-corrected chi connectivity index (χ4v) is 0.892. The van der Waals surface area contributed by atoms with E-state index >= 15 is 0 Å². The summed E-state index contributed by atoms with van der Waals surface area (Å²) in [6.07, 6.45) is 6.22. The van der Waals surface area contributed by atoms with Crippen LogP contribution in [0.15, 0.2) is 30.6 Å². The zero-order valence-corrected chi connectivity index (χ0v) is 5.78. The molecule has 0 aliphatic heterocycles. The zero-order valence-electron chi connectivity index (χ0n) is 5.78. The Hall–Kier alpha value is -1.64. The first-order chi connectivity index (χ1) is 5.47. The standard InChI is InChI=1S/C8H6N3/c1-2-7(6-9-4-1)8-3-5-10-11-8/h1-3,5-6H,(H,10,11). The molecule has 0 aliphatic carbocycles. The highest BCUT2D eigenvalue weighted by molar-refractivity contribution is 5.56. The molecule has 1 radical (unpaired) electrons. The first kappa shape index (κ1) is 6.09. The Balaban J connectivity index is 2.46. The van der Waals surface area contributed by atoms with Crippen molar-refractivity contribution in [3.05, 3.63) is 36.8 Å². The van der Waals surface area contributed by atoms with Crippen molar-refractivity contribution in [2.24, 2.45) is 0 Å². The molecule has 3 nitrogen and oxygen atoms in total. The van der Waals surface area contributed by atoms with Crippen LogP contribution in [0.1, 0.15) is 0 Å². The number of pyridine rings is 1. The van der Waals surface area contributed by atoms with Gasteiger partial charge in [0, 0.05) is 18.0 Å². The minimum Gasteiger partial charge on any atom is -0.285 e. The summed E-state index contributed by atoms with van der Waals surface area (Å²) in [4.78, 5) is 3.86. The minimum atomic E-state index is 0.909. The van der Waals surface area contributed by atoms with Gasteiger partial charge in [0.15, 0.2) is 0 Å². The van der Waals surface area contributed by atoms with E-state index in [4.69, 9.17) is 0 Å². The van der Waals surface area contributed by atoms with Gasteiger partial charge >= 0.3 is 0 Å². The summed E-state index contributed by atoms with van der Waals surface area (Å²) in [5.41, 5.74) is 1.91. The summed E-state index contributed by atoms with van der Waals surface area (Å²) < 4.78 is 0. The van der Waals surface area contributed by atoms with Crippen molar-refractivity contribution in [1.82, 2.24) is 15.2 Å². The Bertz CT molecular complexity index is 312. The number of rotatable bonds is 1. The zero-order chi connectivity index (χ0) is 7.52. The second kappa shape index (κ2) is 2.54. The Labute approximate surface area is 64.1 Å². The maximum absolute atomic E-state index is 4.01. The number of nitrogens with zero attached hydrogens (tertiary/aromatic N) is 2. The fraction of sp³-hybridized carbons (Fsp3) is 0. The number of aromatic nitrogens is 3. The lowest BCUT2D eigenvalue weighted by Gasteiger charge is -1.90. The Morgan fingerprint density at radius 2 is 2.36 bits per heavy atom. The van der Waals surface area contributed by atoms with Gasteiger partial charge in [0.25, 0.3) is 0 Å². The molecule has 0 bridgehead atoms. The second-order valence-corrected chi connectivity index (χ2v) is 2.14. The fourth-order valence-electron chi connectivity index (χ4n) is 0.892. The average molecular weight is 144 g/mol. The van der Waals surface area contributed by atoms with Crippen LogP contribution in [0.25, 0.3) is 11.3 Å². The molecule has 11 heavy (non-hydrogen) atoms. The lowest BCUT2D eigenvalue weighted by atomic mass is 10.2. The van der Waals surface area contributed by atoms with Crippen molar-refractivity contribution in [1.29, 1.82) is 0 Å². The summed E-state index contributed by atoms with van der Waals surface area (Å²) in [5, 5.41) is 6.75. The SMILES string of the molecule is [c]1ccc(-c2cc[nH]n2)cn1. The highest BCUT2D eigenvalue weighted by Crippen LogP contribution is 2.12. The summed E-state index contributed by atoms with van der Waals surface area (Å²) in [7, 11) is 0. The Kier molecular flexibility index (Phi) is 1.41. The van der Waals surface area contributed by atoms with Crippen LogP contribution < -0.4 is 0 Å². The van der Waals surface area contributed by atoms with E-state index in [1.165, 1.54) is 0 Å². The molecule has 0 saturated carbocycles. The monoisotopic (exact) mass is 144 g/mol. The molecular weight excluding hydrogens is 138 g/mol. The number of nitrogens with one attached hydrogen (secondary N) is 1. The highest BCUT2D eigenvalue weighted by Gasteiger charge is 1.96. The van der Waals surface area contributed by atoms with Gasteiger partial charge in [-0.25, -0.2) is 0 Å². The van der Waals surface area contributed by atoms with Gasteiger partial charge in [-0.05, 0) is 18.2 Å². The normalized spacial score (nSPS) is 9.82. The van der Waals surface area contributed by atoms with Crippen molar-refractivity contribution in [3.63, 3.8) is 0 Å². The maximum Gasteiger partial charge on any atom is 0.0936 e. The van der Waals surface area contributed by atoms with Gasteiger partial charge in [0.05, 0.1) is 11.9 Å². The van der Waals surface area contributed by atoms with Gasteiger partial charge in [-0.1, -0.05) is 0 Å². The van der Waals surface area contributed by atoms with Crippen LogP contribution in [-0.4, -0.2) is 15.2 Å². The minimum absolute atomic E-state index is 0.909. The van der Waals surface area contributed by atoms with E-state index in [0.717, 1.165) is 11.3 Å². The Morgan fingerprint density at radius 1 is 1.36 bits per heavy atom. The van der Waals surface area contributed by atoms with Gasteiger partial charge in [-0.2, -0.15) is 5.10 Å². The van der Waals surface area contributed by atoms with Gasteiger partial charge in [-0.3, -0.25) is 10.1 Å². The van der Waals surface area contributed by atoms with Crippen LogP contribution in [0, 0.1) is 6.20 Å². The summed E-state index contributed by atoms with van der Waals surface area (Å²) in [6, 6.07) is 5.59. The number of aromatic amines is 1. The molecule has 2 heterocycles. The third kappa shape index (κ3) is 1.12.